The van der Waals surface area contributed by atoms with E-state index >= 15 is 0 Å². The number of rotatable bonds is 3. The summed E-state index contributed by atoms with van der Waals surface area (Å²) in [5.41, 5.74) is 2.49. The Morgan fingerprint density at radius 3 is 2.13 bits per heavy atom. The molecule has 1 aliphatic carbocycles. The van der Waals surface area contributed by atoms with E-state index in [4.69, 9.17) is 4.74 Å². The molecular formula is C13H20OSi. The molecule has 1 nitrogen and oxygen atoms in total. The first kappa shape index (κ1) is 10.7. The lowest BCUT2D eigenvalue weighted by atomic mass is 10.1. The van der Waals surface area contributed by atoms with Gasteiger partial charge >= 0.3 is 0 Å². The zero-order valence-electron chi connectivity index (χ0n) is 10.1. The second-order valence-corrected chi connectivity index (χ2v) is 11.1. The van der Waals surface area contributed by atoms with Crippen LogP contribution in [0, 0.1) is 0 Å². The third-order valence-corrected chi connectivity index (χ3v) is 6.31. The number of hydrogen-bond acceptors (Lipinski definition) is 1. The fourth-order valence-corrected chi connectivity index (χ4v) is 4.73. The highest BCUT2D eigenvalue weighted by Crippen LogP contribution is 2.58. The predicted octanol–water partition coefficient (Wildman–Crippen LogP) is 3.89. The van der Waals surface area contributed by atoms with Crippen LogP contribution in [0.4, 0.5) is 0 Å². The van der Waals surface area contributed by atoms with Crippen molar-refractivity contribution in [3.05, 3.63) is 29.8 Å². The second-order valence-electron chi connectivity index (χ2n) is 5.59. The maximum Gasteiger partial charge on any atom is 0.118 e. The minimum atomic E-state index is -0.922. The molecule has 0 aliphatic heterocycles. The van der Waals surface area contributed by atoms with Crippen molar-refractivity contribution in [1.82, 2.24) is 0 Å². The third kappa shape index (κ3) is 2.25. The normalized spacial score (nSPS) is 25.1. The summed E-state index contributed by atoms with van der Waals surface area (Å²) in [4.78, 5) is 0. The SMILES string of the molecule is COc1ccc([C@H]2C[C@@H]2[Si](C)(C)C)cc1. The molecule has 0 heterocycles. The molecule has 0 aromatic heterocycles. The quantitative estimate of drug-likeness (QED) is 0.702. The van der Waals surface area contributed by atoms with Crippen LogP contribution in [0.2, 0.25) is 25.2 Å². The van der Waals surface area contributed by atoms with Crippen molar-refractivity contribution in [2.45, 2.75) is 37.5 Å². The Morgan fingerprint density at radius 2 is 1.73 bits per heavy atom. The zero-order chi connectivity index (χ0) is 11.1. The van der Waals surface area contributed by atoms with Gasteiger partial charge in [0, 0.05) is 8.07 Å². The lowest BCUT2D eigenvalue weighted by molar-refractivity contribution is 0.414. The van der Waals surface area contributed by atoms with Gasteiger partial charge in [-0.05, 0) is 35.6 Å². The van der Waals surface area contributed by atoms with E-state index in [1.54, 1.807) is 7.11 Å². The Hall–Kier alpha value is -0.763. The number of benzene rings is 1. The predicted molar refractivity (Wildman–Crippen MR) is 67.4 cm³/mol. The van der Waals surface area contributed by atoms with Crippen LogP contribution in [0.3, 0.4) is 0 Å². The van der Waals surface area contributed by atoms with E-state index < -0.39 is 8.07 Å². The van der Waals surface area contributed by atoms with E-state index in [1.165, 1.54) is 12.0 Å². The molecule has 2 atom stereocenters. The summed E-state index contributed by atoms with van der Waals surface area (Å²) in [6, 6.07) is 8.61. The highest BCUT2D eigenvalue weighted by molar-refractivity contribution is 6.78. The van der Waals surface area contributed by atoms with Gasteiger partial charge in [0.1, 0.15) is 5.75 Å². The minimum Gasteiger partial charge on any atom is -0.497 e. The van der Waals surface area contributed by atoms with Crippen LogP contribution in [0.1, 0.15) is 17.9 Å². The van der Waals surface area contributed by atoms with E-state index in [9.17, 15) is 0 Å². The molecule has 1 aliphatic rings. The van der Waals surface area contributed by atoms with Crippen molar-refractivity contribution < 1.29 is 4.74 Å². The lowest BCUT2D eigenvalue weighted by Gasteiger charge is -2.15. The lowest BCUT2D eigenvalue weighted by Crippen LogP contribution is -2.20. The van der Waals surface area contributed by atoms with Gasteiger partial charge in [-0.2, -0.15) is 0 Å². The van der Waals surface area contributed by atoms with Crippen LogP contribution in [0.5, 0.6) is 5.75 Å². The summed E-state index contributed by atoms with van der Waals surface area (Å²) in [5, 5.41) is 0. The standard InChI is InChI=1S/C13H20OSi/c1-14-11-7-5-10(6-8-11)12-9-13(12)15(2,3)4/h5-8,12-13H,9H2,1-4H3/t12-,13+/m1/s1. The van der Waals surface area contributed by atoms with Gasteiger partial charge in [0.25, 0.3) is 0 Å². The highest BCUT2D eigenvalue weighted by atomic mass is 28.3. The molecule has 0 amide bonds. The van der Waals surface area contributed by atoms with Gasteiger partial charge in [0.15, 0.2) is 0 Å². The minimum absolute atomic E-state index is 0.836. The van der Waals surface area contributed by atoms with Gasteiger partial charge in [-0.1, -0.05) is 31.8 Å². The Labute approximate surface area is 93.5 Å². The molecule has 0 bridgehead atoms. The van der Waals surface area contributed by atoms with Crippen LogP contribution < -0.4 is 4.74 Å². The van der Waals surface area contributed by atoms with Crippen molar-refractivity contribution in [3.8, 4) is 5.75 Å². The average Bonchev–Trinajstić information content (AvgIpc) is 2.97. The summed E-state index contributed by atoms with van der Waals surface area (Å²) in [6.45, 7) is 7.42. The summed E-state index contributed by atoms with van der Waals surface area (Å²) in [6.07, 6.45) is 1.40. The third-order valence-electron chi connectivity index (χ3n) is 3.45. The molecule has 1 saturated carbocycles. The summed E-state index contributed by atoms with van der Waals surface area (Å²) < 4.78 is 5.17. The topological polar surface area (TPSA) is 9.23 Å². The smallest absolute Gasteiger partial charge is 0.118 e. The largest absolute Gasteiger partial charge is 0.497 e. The number of hydrogen-bond donors (Lipinski definition) is 0. The second kappa shape index (κ2) is 3.67. The fourth-order valence-electron chi connectivity index (χ4n) is 2.37. The van der Waals surface area contributed by atoms with Gasteiger partial charge in [-0.25, -0.2) is 0 Å². The van der Waals surface area contributed by atoms with Crippen LogP contribution in [-0.4, -0.2) is 15.2 Å². The Kier molecular flexibility index (Phi) is 2.63. The molecule has 1 fully saturated rings. The van der Waals surface area contributed by atoms with Crippen LogP contribution >= 0.6 is 0 Å². The van der Waals surface area contributed by atoms with Crippen molar-refractivity contribution in [3.63, 3.8) is 0 Å². The number of methoxy groups -OCH3 is 1. The molecule has 0 radical (unpaired) electrons. The van der Waals surface area contributed by atoms with Crippen molar-refractivity contribution in [2.75, 3.05) is 7.11 Å². The van der Waals surface area contributed by atoms with Crippen LogP contribution in [-0.2, 0) is 0 Å². The van der Waals surface area contributed by atoms with Gasteiger partial charge in [0.2, 0.25) is 0 Å². The maximum absolute atomic E-state index is 5.17. The molecule has 2 heteroatoms. The van der Waals surface area contributed by atoms with Crippen LogP contribution in [0.15, 0.2) is 24.3 Å². The highest BCUT2D eigenvalue weighted by Gasteiger charge is 2.46. The zero-order valence-corrected chi connectivity index (χ0v) is 11.1. The molecule has 0 N–H and O–H groups in total. The average molecular weight is 220 g/mol. The molecule has 0 unspecified atom stereocenters. The van der Waals surface area contributed by atoms with Crippen LogP contribution in [0.25, 0.3) is 0 Å². The van der Waals surface area contributed by atoms with Gasteiger partial charge in [-0.15, -0.1) is 0 Å². The molecule has 0 saturated heterocycles. The monoisotopic (exact) mass is 220 g/mol. The Morgan fingerprint density at radius 1 is 1.13 bits per heavy atom. The molecule has 0 spiro atoms. The van der Waals surface area contributed by atoms with Gasteiger partial charge in [0.05, 0.1) is 7.11 Å². The molecule has 15 heavy (non-hydrogen) atoms. The van der Waals surface area contributed by atoms with Gasteiger partial charge in [-0.3, -0.25) is 0 Å². The summed E-state index contributed by atoms with van der Waals surface area (Å²) in [7, 11) is 0.797. The Balaban J connectivity index is 2.07. The van der Waals surface area contributed by atoms with Crippen molar-refractivity contribution >= 4 is 8.07 Å². The van der Waals surface area contributed by atoms with Gasteiger partial charge < -0.3 is 4.74 Å². The molecule has 82 valence electrons. The maximum atomic E-state index is 5.17. The first-order valence-electron chi connectivity index (χ1n) is 5.66. The first-order chi connectivity index (χ1) is 7.02. The molecular weight excluding hydrogens is 200 g/mol. The first-order valence-corrected chi connectivity index (χ1v) is 9.24. The summed E-state index contributed by atoms with van der Waals surface area (Å²) >= 11 is 0. The van der Waals surface area contributed by atoms with E-state index in [2.05, 4.69) is 43.9 Å². The molecule has 1 aromatic carbocycles. The van der Waals surface area contributed by atoms with E-state index in [0.717, 1.165) is 17.2 Å². The Bertz CT molecular complexity index is 337. The molecule has 2 rings (SSSR count). The van der Waals surface area contributed by atoms with E-state index in [0.29, 0.717) is 0 Å². The summed E-state index contributed by atoms with van der Waals surface area (Å²) in [5.74, 6) is 1.80. The number of ether oxygens (including phenoxy) is 1. The van der Waals surface area contributed by atoms with Crippen molar-refractivity contribution in [1.29, 1.82) is 0 Å². The molecule has 1 aromatic rings. The van der Waals surface area contributed by atoms with E-state index in [1.807, 2.05) is 0 Å². The van der Waals surface area contributed by atoms with E-state index in [-0.39, 0.29) is 0 Å². The fraction of sp³-hybridized carbons (Fsp3) is 0.538. The van der Waals surface area contributed by atoms with Crippen molar-refractivity contribution in [2.24, 2.45) is 0 Å².